The number of carbonyl (C=O) groups is 2. The van der Waals surface area contributed by atoms with Gasteiger partial charge in [-0.3, -0.25) is 9.59 Å². The highest BCUT2D eigenvalue weighted by Gasteiger charge is 2.32. The smallest absolute Gasteiger partial charge is 0.326 e. The molecule has 11 heteroatoms. The van der Waals surface area contributed by atoms with Crippen LogP contribution in [0, 0.1) is 6.92 Å². The summed E-state index contributed by atoms with van der Waals surface area (Å²) in [5.41, 5.74) is 1.73. The number of nitrogens with zero attached hydrogens (tertiary/aromatic N) is 3. The first-order valence-corrected chi connectivity index (χ1v) is 15.0. The molecule has 1 unspecified atom stereocenters. The molecule has 0 saturated carbocycles. The maximum Gasteiger partial charge on any atom is 0.326 e. The number of hydrogen-bond acceptors (Lipinski definition) is 6. The maximum atomic E-state index is 13.2. The molecule has 1 saturated heterocycles. The van der Waals surface area contributed by atoms with Crippen molar-refractivity contribution in [2.45, 2.75) is 63.9 Å². The molecule has 3 aromatic rings. The number of piperidine rings is 1. The summed E-state index contributed by atoms with van der Waals surface area (Å²) in [5, 5.41) is 0.539. The van der Waals surface area contributed by atoms with Gasteiger partial charge in [0.1, 0.15) is 6.54 Å². The van der Waals surface area contributed by atoms with Gasteiger partial charge in [0, 0.05) is 23.2 Å². The molecular formula is C26H30ClN3O5S2. The number of halogens is 1. The summed E-state index contributed by atoms with van der Waals surface area (Å²) in [7, 11) is -3.65. The highest BCUT2D eigenvalue weighted by molar-refractivity contribution is 7.89. The first-order chi connectivity index (χ1) is 17.7. The quantitative estimate of drug-likeness (QED) is 0.380. The molecule has 4 rings (SSSR count). The van der Waals surface area contributed by atoms with Crippen LogP contribution < -0.4 is 4.80 Å². The molecule has 0 aliphatic carbocycles. The molecule has 8 nitrogen and oxygen atoms in total. The standard InChI is InChI=1S/C26H30ClN3O5S2/c1-4-19-8-6-7-15-30(19)37(33,34)20-11-9-18(10-12-20)25(32)28-26-29(16-23(31)35-5-2)24-17(3)21(27)13-14-22(24)36-26/h9-14,19H,4-8,15-16H2,1-3H3. The molecule has 1 aliphatic heterocycles. The van der Waals surface area contributed by atoms with Gasteiger partial charge in [0.05, 0.1) is 21.7 Å². The van der Waals surface area contributed by atoms with E-state index in [1.165, 1.54) is 35.6 Å². The minimum Gasteiger partial charge on any atom is -0.465 e. The number of amides is 1. The number of hydrogen-bond donors (Lipinski definition) is 0. The summed E-state index contributed by atoms with van der Waals surface area (Å²) in [6, 6.07) is 9.46. The molecule has 1 aliphatic rings. The monoisotopic (exact) mass is 563 g/mol. The Bertz CT molecular complexity index is 1490. The van der Waals surface area contributed by atoms with Crippen molar-refractivity contribution < 1.29 is 22.7 Å². The summed E-state index contributed by atoms with van der Waals surface area (Å²) >= 11 is 7.58. The van der Waals surface area contributed by atoms with E-state index in [2.05, 4.69) is 4.99 Å². The molecule has 37 heavy (non-hydrogen) atoms. The van der Waals surface area contributed by atoms with Crippen molar-refractivity contribution in [2.75, 3.05) is 13.2 Å². The molecule has 0 spiro atoms. The first kappa shape index (κ1) is 27.5. The van der Waals surface area contributed by atoms with Crippen LogP contribution in [0.15, 0.2) is 46.3 Å². The SMILES string of the molecule is CCOC(=O)Cn1c(=NC(=O)c2ccc(S(=O)(=O)N3CCCCC3CC)cc2)sc2ccc(Cl)c(C)c21. The highest BCUT2D eigenvalue weighted by Crippen LogP contribution is 2.28. The Morgan fingerprint density at radius 1 is 1.14 bits per heavy atom. The zero-order chi connectivity index (χ0) is 26.7. The third kappa shape index (κ3) is 5.67. The van der Waals surface area contributed by atoms with Gasteiger partial charge in [0.15, 0.2) is 4.80 Å². The molecule has 0 radical (unpaired) electrons. The molecular weight excluding hydrogens is 534 g/mol. The van der Waals surface area contributed by atoms with Crippen molar-refractivity contribution in [1.82, 2.24) is 8.87 Å². The van der Waals surface area contributed by atoms with Crippen molar-refractivity contribution in [3.8, 4) is 0 Å². The van der Waals surface area contributed by atoms with Crippen LogP contribution in [0.5, 0.6) is 0 Å². The lowest BCUT2D eigenvalue weighted by atomic mass is 10.0. The number of rotatable bonds is 7. The second-order valence-electron chi connectivity index (χ2n) is 8.91. The third-order valence-electron chi connectivity index (χ3n) is 6.57. The Labute approximate surface area is 225 Å². The molecule has 0 bridgehead atoms. The predicted molar refractivity (Wildman–Crippen MR) is 144 cm³/mol. The van der Waals surface area contributed by atoms with Crippen LogP contribution in [0.4, 0.5) is 0 Å². The second-order valence-corrected chi connectivity index (χ2v) is 12.2. The average Bonchev–Trinajstić information content (AvgIpc) is 3.23. The molecule has 1 amide bonds. The normalized spacial score (nSPS) is 17.3. The zero-order valence-electron chi connectivity index (χ0n) is 21.1. The molecule has 2 aromatic carbocycles. The number of carbonyl (C=O) groups excluding carboxylic acids is 2. The van der Waals surface area contributed by atoms with Crippen LogP contribution in [0.3, 0.4) is 0 Å². The van der Waals surface area contributed by atoms with E-state index in [0.717, 1.165) is 35.9 Å². The molecule has 0 N–H and O–H groups in total. The third-order valence-corrected chi connectivity index (χ3v) is 9.99. The predicted octanol–water partition coefficient (Wildman–Crippen LogP) is 4.92. The fourth-order valence-corrected chi connectivity index (χ4v) is 7.64. The molecule has 1 aromatic heterocycles. The van der Waals surface area contributed by atoms with E-state index in [9.17, 15) is 18.0 Å². The lowest BCUT2D eigenvalue weighted by molar-refractivity contribution is -0.143. The number of ether oxygens (including phenoxy) is 1. The number of fused-ring (bicyclic) bond motifs is 1. The van der Waals surface area contributed by atoms with Crippen molar-refractivity contribution in [2.24, 2.45) is 4.99 Å². The van der Waals surface area contributed by atoms with Crippen LogP contribution in [0.25, 0.3) is 10.2 Å². The number of esters is 1. The minimum atomic E-state index is -3.65. The second kappa shape index (κ2) is 11.5. The molecule has 1 atom stereocenters. The van der Waals surface area contributed by atoms with E-state index < -0.39 is 21.9 Å². The van der Waals surface area contributed by atoms with E-state index in [1.54, 1.807) is 21.9 Å². The molecule has 1 fully saturated rings. The van der Waals surface area contributed by atoms with Gasteiger partial charge in [0.25, 0.3) is 5.91 Å². The van der Waals surface area contributed by atoms with Crippen molar-refractivity contribution >= 4 is 55.1 Å². The Kier molecular flexibility index (Phi) is 8.52. The Hall–Kier alpha value is -2.53. The van der Waals surface area contributed by atoms with Gasteiger partial charge in [-0.2, -0.15) is 9.30 Å². The number of aromatic nitrogens is 1. The highest BCUT2D eigenvalue weighted by atomic mass is 35.5. The summed E-state index contributed by atoms with van der Waals surface area (Å²) in [6.45, 7) is 6.19. The Morgan fingerprint density at radius 2 is 1.86 bits per heavy atom. The minimum absolute atomic E-state index is 0.00479. The van der Waals surface area contributed by atoms with E-state index in [0.29, 0.717) is 21.9 Å². The number of aryl methyl sites for hydroxylation is 1. The summed E-state index contributed by atoms with van der Waals surface area (Å²) in [5.74, 6) is -0.991. The van der Waals surface area contributed by atoms with Gasteiger partial charge in [-0.1, -0.05) is 36.3 Å². The number of benzene rings is 2. The van der Waals surface area contributed by atoms with E-state index in [1.807, 2.05) is 19.9 Å². The lowest BCUT2D eigenvalue weighted by Gasteiger charge is -2.34. The van der Waals surface area contributed by atoms with Gasteiger partial charge in [-0.25, -0.2) is 8.42 Å². The largest absolute Gasteiger partial charge is 0.465 e. The molecule has 2 heterocycles. The van der Waals surface area contributed by atoms with Gasteiger partial charge >= 0.3 is 5.97 Å². The van der Waals surface area contributed by atoms with E-state index in [-0.39, 0.29) is 29.7 Å². The van der Waals surface area contributed by atoms with Gasteiger partial charge in [-0.05, 0) is 75.1 Å². The maximum absolute atomic E-state index is 13.2. The summed E-state index contributed by atoms with van der Waals surface area (Å²) < 4.78 is 35.7. The van der Waals surface area contributed by atoms with Crippen LogP contribution in [-0.2, 0) is 26.1 Å². The van der Waals surface area contributed by atoms with E-state index >= 15 is 0 Å². The van der Waals surface area contributed by atoms with Crippen molar-refractivity contribution in [3.05, 3.63) is 57.3 Å². The lowest BCUT2D eigenvalue weighted by Crippen LogP contribution is -2.43. The fraction of sp³-hybridized carbons (Fsp3) is 0.423. The van der Waals surface area contributed by atoms with Crippen molar-refractivity contribution in [1.29, 1.82) is 0 Å². The van der Waals surface area contributed by atoms with E-state index in [4.69, 9.17) is 16.3 Å². The summed E-state index contributed by atoms with van der Waals surface area (Å²) in [6.07, 6.45) is 3.49. The fourth-order valence-electron chi connectivity index (χ4n) is 4.64. The average molecular weight is 564 g/mol. The van der Waals surface area contributed by atoms with Crippen molar-refractivity contribution in [3.63, 3.8) is 0 Å². The van der Waals surface area contributed by atoms with Gasteiger partial charge in [-0.15, -0.1) is 0 Å². The van der Waals surface area contributed by atoms with Crippen LogP contribution in [-0.4, -0.2) is 48.4 Å². The number of sulfonamides is 1. The first-order valence-electron chi connectivity index (χ1n) is 12.3. The Morgan fingerprint density at radius 3 is 2.54 bits per heavy atom. The number of thiazole rings is 1. The topological polar surface area (TPSA) is 98.0 Å². The molecule has 198 valence electrons. The van der Waals surface area contributed by atoms with Crippen LogP contribution in [0.2, 0.25) is 5.02 Å². The van der Waals surface area contributed by atoms with Gasteiger partial charge < -0.3 is 9.30 Å². The Balaban J connectivity index is 1.69. The van der Waals surface area contributed by atoms with Crippen LogP contribution >= 0.6 is 22.9 Å². The zero-order valence-corrected chi connectivity index (χ0v) is 23.5. The van der Waals surface area contributed by atoms with Gasteiger partial charge in [0.2, 0.25) is 10.0 Å². The van der Waals surface area contributed by atoms with Crippen LogP contribution in [0.1, 0.15) is 55.5 Å². The summed E-state index contributed by atoms with van der Waals surface area (Å²) in [4.78, 5) is 30.2.